The zero-order valence-electron chi connectivity index (χ0n) is 19.4. The zero-order valence-corrected chi connectivity index (χ0v) is 20.3. The second-order valence-electron chi connectivity index (χ2n) is 7.69. The largest absolute Gasteiger partial charge is 0.497 e. The number of allylic oxidation sites excluding steroid dienone is 1. The number of urea groups is 1. The lowest BCUT2D eigenvalue weighted by atomic mass is 10.0. The molecule has 2 aromatic carbocycles. The van der Waals surface area contributed by atoms with Crippen molar-refractivity contribution in [2.24, 2.45) is 0 Å². The van der Waals surface area contributed by atoms with E-state index in [1.807, 2.05) is 47.9 Å². The molecule has 0 aliphatic carbocycles. The van der Waals surface area contributed by atoms with Crippen LogP contribution in [0.5, 0.6) is 5.75 Å². The highest BCUT2D eigenvalue weighted by Gasteiger charge is 2.27. The maximum Gasteiger partial charge on any atom is 0.346 e. The summed E-state index contributed by atoms with van der Waals surface area (Å²) in [6.07, 6.45) is 8.88. The van der Waals surface area contributed by atoms with E-state index in [1.165, 1.54) is 16.7 Å². The Morgan fingerprint density at radius 3 is 2.75 bits per heavy atom. The van der Waals surface area contributed by atoms with Crippen molar-refractivity contribution in [3.8, 4) is 16.9 Å². The summed E-state index contributed by atoms with van der Waals surface area (Å²) in [5.74, 6) is 0.682. The van der Waals surface area contributed by atoms with E-state index in [0.717, 1.165) is 16.7 Å². The fourth-order valence-electron chi connectivity index (χ4n) is 3.63. The van der Waals surface area contributed by atoms with Gasteiger partial charge in [0, 0.05) is 30.2 Å². The summed E-state index contributed by atoms with van der Waals surface area (Å²) in [7, 11) is 1.58. The average Bonchev–Trinajstić information content (AvgIpc) is 3.41. The topological polar surface area (TPSA) is 107 Å². The number of ether oxygens (including phenoxy) is 1. The average molecular weight is 505 g/mol. The van der Waals surface area contributed by atoms with E-state index in [1.54, 1.807) is 50.0 Å². The van der Waals surface area contributed by atoms with Gasteiger partial charge >= 0.3 is 6.03 Å². The number of nitrogens with one attached hydrogen (secondary N) is 1. The molecule has 184 valence electrons. The first-order valence-electron chi connectivity index (χ1n) is 11.1. The minimum atomic E-state index is -0.393. The first-order chi connectivity index (χ1) is 17.6. The molecule has 1 atom stereocenters. The van der Waals surface area contributed by atoms with Crippen LogP contribution in [0.3, 0.4) is 0 Å². The number of carbonyl (C=O) groups is 1. The third-order valence-corrected chi connectivity index (χ3v) is 6.47. The Morgan fingerprint density at radius 2 is 1.97 bits per heavy atom. The zero-order chi connectivity index (χ0) is 25.3. The van der Waals surface area contributed by atoms with Crippen molar-refractivity contribution < 1.29 is 19.3 Å². The summed E-state index contributed by atoms with van der Waals surface area (Å²) in [5, 5.41) is 13.3. The number of hydroxylamine groups is 1. The maximum atomic E-state index is 12.5. The Bertz CT molecular complexity index is 1280. The molecule has 0 saturated carbocycles. The van der Waals surface area contributed by atoms with Gasteiger partial charge in [0.1, 0.15) is 11.1 Å². The number of pyridine rings is 1. The van der Waals surface area contributed by atoms with Crippen LogP contribution < -0.4 is 10.2 Å². The standard InChI is InChI=1S/C26H24N4O5S/c1-34-23-7-4-6-21(17-23)22-9-8-19(24(18-22)30(32)33)5-2-3-15-35-28-26(31)29-14-16-36-25(29)20-10-12-27-13-11-20/h2-4,6-14,16-18,25H,5,15H2,1H3,(H,28,31). The fourth-order valence-corrected chi connectivity index (χ4v) is 4.59. The van der Waals surface area contributed by atoms with Crippen molar-refractivity contribution in [1.82, 2.24) is 15.4 Å². The van der Waals surface area contributed by atoms with E-state index in [9.17, 15) is 14.9 Å². The Kier molecular flexibility index (Phi) is 8.32. The highest BCUT2D eigenvalue weighted by Crippen LogP contribution is 2.38. The molecular weight excluding hydrogens is 480 g/mol. The quantitative estimate of drug-likeness (QED) is 0.174. The number of thioether (sulfide) groups is 1. The van der Waals surface area contributed by atoms with Crippen molar-refractivity contribution in [2.45, 2.75) is 11.8 Å². The van der Waals surface area contributed by atoms with E-state index in [2.05, 4.69) is 10.5 Å². The number of carbonyl (C=O) groups excluding carboxylic acids is 1. The number of nitro groups is 1. The predicted octanol–water partition coefficient (Wildman–Crippen LogP) is 5.62. The van der Waals surface area contributed by atoms with Gasteiger partial charge in [0.25, 0.3) is 5.69 Å². The molecule has 4 rings (SSSR count). The number of benzene rings is 2. The van der Waals surface area contributed by atoms with Gasteiger partial charge in [0.2, 0.25) is 0 Å². The van der Waals surface area contributed by atoms with Crippen molar-refractivity contribution in [3.05, 3.63) is 112 Å². The molecular formula is C26H24N4O5S. The third kappa shape index (κ3) is 6.09. The van der Waals surface area contributed by atoms with Crippen molar-refractivity contribution in [1.29, 1.82) is 0 Å². The molecule has 1 aliphatic heterocycles. The van der Waals surface area contributed by atoms with Gasteiger partial charge in [-0.1, -0.05) is 36.4 Å². The molecule has 0 saturated heterocycles. The summed E-state index contributed by atoms with van der Waals surface area (Å²) in [6.45, 7) is 0.117. The highest BCUT2D eigenvalue weighted by molar-refractivity contribution is 8.02. The van der Waals surface area contributed by atoms with Gasteiger partial charge in [-0.05, 0) is 52.8 Å². The molecule has 1 aromatic heterocycles. The normalized spacial score (nSPS) is 14.8. The molecule has 1 aliphatic rings. The van der Waals surface area contributed by atoms with Crippen LogP contribution in [0.1, 0.15) is 16.5 Å². The molecule has 1 N–H and O–H groups in total. The Balaban J connectivity index is 1.30. The van der Waals surface area contributed by atoms with Gasteiger partial charge in [0.05, 0.1) is 18.6 Å². The molecule has 0 spiro atoms. The molecule has 36 heavy (non-hydrogen) atoms. The van der Waals surface area contributed by atoms with Gasteiger partial charge in [-0.25, -0.2) is 10.3 Å². The van der Waals surface area contributed by atoms with Gasteiger partial charge in [-0.3, -0.25) is 24.8 Å². The third-order valence-electron chi connectivity index (χ3n) is 5.44. The van der Waals surface area contributed by atoms with Crippen LogP contribution in [0.15, 0.2) is 90.8 Å². The van der Waals surface area contributed by atoms with E-state index in [4.69, 9.17) is 9.57 Å². The smallest absolute Gasteiger partial charge is 0.346 e. The summed E-state index contributed by atoms with van der Waals surface area (Å²) < 4.78 is 5.24. The molecule has 2 amide bonds. The Morgan fingerprint density at radius 1 is 1.17 bits per heavy atom. The van der Waals surface area contributed by atoms with Crippen LogP contribution in [0.2, 0.25) is 0 Å². The molecule has 10 heteroatoms. The van der Waals surface area contributed by atoms with Crippen LogP contribution in [0.4, 0.5) is 10.5 Å². The second kappa shape index (κ2) is 12.0. The maximum absolute atomic E-state index is 12.5. The summed E-state index contributed by atoms with van der Waals surface area (Å²) in [5.41, 5.74) is 5.56. The van der Waals surface area contributed by atoms with Crippen LogP contribution in [0.25, 0.3) is 11.1 Å². The van der Waals surface area contributed by atoms with Crippen LogP contribution in [-0.2, 0) is 11.3 Å². The van der Waals surface area contributed by atoms with Crippen LogP contribution in [0, 0.1) is 10.1 Å². The van der Waals surface area contributed by atoms with Gasteiger partial charge in [-0.2, -0.15) is 0 Å². The van der Waals surface area contributed by atoms with Crippen molar-refractivity contribution >= 4 is 23.5 Å². The summed E-state index contributed by atoms with van der Waals surface area (Å²) >= 11 is 1.51. The summed E-state index contributed by atoms with van der Waals surface area (Å²) in [4.78, 5) is 34.6. The predicted molar refractivity (Wildman–Crippen MR) is 138 cm³/mol. The van der Waals surface area contributed by atoms with E-state index < -0.39 is 6.03 Å². The van der Waals surface area contributed by atoms with Crippen LogP contribution in [-0.4, -0.2) is 34.6 Å². The molecule has 0 radical (unpaired) electrons. The number of nitrogens with zero attached hydrogens (tertiary/aromatic N) is 3. The number of aromatic nitrogens is 1. The number of amides is 2. The molecule has 3 aromatic rings. The lowest BCUT2D eigenvalue weighted by molar-refractivity contribution is -0.385. The van der Waals surface area contributed by atoms with Crippen molar-refractivity contribution in [2.75, 3.05) is 13.7 Å². The van der Waals surface area contributed by atoms with Gasteiger partial charge in [0.15, 0.2) is 0 Å². The Hall–Kier alpha value is -4.15. The number of rotatable bonds is 9. The first kappa shape index (κ1) is 25.0. The van der Waals surface area contributed by atoms with E-state index in [-0.39, 0.29) is 22.6 Å². The van der Waals surface area contributed by atoms with Crippen LogP contribution >= 0.6 is 11.8 Å². The molecule has 2 heterocycles. The number of nitro benzene ring substituents is 1. The SMILES string of the molecule is COc1cccc(-c2ccc(CC=CCONC(=O)N3C=CSC3c3ccncc3)c([N+](=O)[O-])c2)c1. The molecule has 1 unspecified atom stereocenters. The van der Waals surface area contributed by atoms with Crippen molar-refractivity contribution in [3.63, 3.8) is 0 Å². The molecule has 9 nitrogen and oxygen atoms in total. The second-order valence-corrected chi connectivity index (χ2v) is 8.68. The lowest BCUT2D eigenvalue weighted by Gasteiger charge is -2.22. The lowest BCUT2D eigenvalue weighted by Crippen LogP contribution is -2.36. The Labute approximate surface area is 212 Å². The highest BCUT2D eigenvalue weighted by atomic mass is 32.2. The number of methoxy groups -OCH3 is 1. The number of hydrogen-bond acceptors (Lipinski definition) is 7. The minimum absolute atomic E-state index is 0.0367. The molecule has 0 bridgehead atoms. The minimum Gasteiger partial charge on any atom is -0.497 e. The van der Waals surface area contributed by atoms with E-state index >= 15 is 0 Å². The fraction of sp³-hybridized carbons (Fsp3) is 0.154. The first-order valence-corrected chi connectivity index (χ1v) is 12.0. The summed E-state index contributed by atoms with van der Waals surface area (Å²) in [6, 6.07) is 15.9. The molecule has 0 fully saturated rings. The van der Waals surface area contributed by atoms with Gasteiger partial charge in [-0.15, -0.1) is 11.8 Å². The number of hydrogen-bond donors (Lipinski definition) is 1. The van der Waals surface area contributed by atoms with E-state index in [0.29, 0.717) is 17.7 Å². The monoisotopic (exact) mass is 504 g/mol. The van der Waals surface area contributed by atoms with Gasteiger partial charge < -0.3 is 4.74 Å².